The monoisotopic (exact) mass is 285 g/mol. The third-order valence-electron chi connectivity index (χ3n) is 1.73. The van der Waals surface area contributed by atoms with Crippen LogP contribution in [-0.4, -0.2) is 20.6 Å². The number of hydrogen-bond donors (Lipinski definition) is 1. The van der Waals surface area contributed by atoms with Gasteiger partial charge >= 0.3 is 0 Å². The Bertz CT molecular complexity index is 442. The normalized spacial score (nSPS) is 9.81. The van der Waals surface area contributed by atoms with Gasteiger partial charge in [0.25, 0.3) is 0 Å². The molecule has 1 amide bonds. The molecular formula is C9H13Cl2NO3S. The number of benzene rings is 1. The Balaban J connectivity index is 0. The Morgan fingerprint density at radius 3 is 1.94 bits per heavy atom. The summed E-state index contributed by atoms with van der Waals surface area (Å²) >= 11 is 0. The van der Waals surface area contributed by atoms with E-state index in [-0.39, 0.29) is 36.1 Å². The first-order valence-electron chi connectivity index (χ1n) is 3.97. The van der Waals surface area contributed by atoms with Crippen molar-refractivity contribution >= 4 is 40.6 Å². The molecule has 0 unspecified atom stereocenters. The molecule has 1 aromatic carbocycles. The fraction of sp³-hybridized carbons (Fsp3) is 0.222. The van der Waals surface area contributed by atoms with Crippen LogP contribution in [0.25, 0.3) is 0 Å². The minimum absolute atomic E-state index is 0. The number of rotatable bonds is 3. The van der Waals surface area contributed by atoms with Crippen LogP contribution in [0.3, 0.4) is 0 Å². The highest BCUT2D eigenvalue weighted by Gasteiger charge is 2.06. The van der Waals surface area contributed by atoms with Gasteiger partial charge in [0.05, 0.1) is 11.3 Å². The number of sulfone groups is 1. The highest BCUT2D eigenvalue weighted by Crippen LogP contribution is 2.10. The Morgan fingerprint density at radius 1 is 1.19 bits per heavy atom. The van der Waals surface area contributed by atoms with Crippen LogP contribution in [0.4, 0.5) is 0 Å². The van der Waals surface area contributed by atoms with E-state index in [0.717, 1.165) is 6.26 Å². The molecule has 0 saturated carbocycles. The van der Waals surface area contributed by atoms with Crippen molar-refractivity contribution in [3.8, 4) is 0 Å². The van der Waals surface area contributed by atoms with Crippen molar-refractivity contribution in [3.05, 3.63) is 29.8 Å². The quantitative estimate of drug-likeness (QED) is 0.899. The summed E-state index contributed by atoms with van der Waals surface area (Å²) in [7, 11) is -3.16. The predicted octanol–water partition coefficient (Wildman–Crippen LogP) is 0.961. The summed E-state index contributed by atoms with van der Waals surface area (Å²) in [6.07, 6.45) is 1.26. The topological polar surface area (TPSA) is 77.2 Å². The van der Waals surface area contributed by atoms with Gasteiger partial charge in [-0.05, 0) is 17.7 Å². The second kappa shape index (κ2) is 6.73. The molecule has 0 spiro atoms. The zero-order valence-electron chi connectivity index (χ0n) is 8.54. The summed E-state index contributed by atoms with van der Waals surface area (Å²) in [6.45, 7) is 0. The van der Waals surface area contributed by atoms with Crippen molar-refractivity contribution in [2.75, 3.05) is 6.26 Å². The van der Waals surface area contributed by atoms with Crippen molar-refractivity contribution < 1.29 is 13.2 Å². The first kappa shape index (κ1) is 17.6. The molecule has 0 saturated heterocycles. The van der Waals surface area contributed by atoms with Crippen molar-refractivity contribution in [1.82, 2.24) is 0 Å². The minimum atomic E-state index is -3.16. The van der Waals surface area contributed by atoms with Gasteiger partial charge in [0.15, 0.2) is 9.84 Å². The average molecular weight is 286 g/mol. The molecule has 16 heavy (non-hydrogen) atoms. The lowest BCUT2D eigenvalue weighted by atomic mass is 10.1. The van der Waals surface area contributed by atoms with Gasteiger partial charge in [0.2, 0.25) is 5.91 Å². The fourth-order valence-corrected chi connectivity index (χ4v) is 1.69. The van der Waals surface area contributed by atoms with Gasteiger partial charge in [-0.1, -0.05) is 12.1 Å². The summed E-state index contributed by atoms with van der Waals surface area (Å²) < 4.78 is 22.1. The zero-order valence-corrected chi connectivity index (χ0v) is 11.0. The standard InChI is InChI=1S/C9H11NO3S.2ClH/c1-14(12,13)8-4-2-7(3-5-8)6-9(10)11;;/h2-5H,6H2,1H3,(H2,10,11);2*1H. The molecule has 0 aliphatic rings. The van der Waals surface area contributed by atoms with E-state index in [2.05, 4.69) is 0 Å². The van der Waals surface area contributed by atoms with Crippen LogP contribution in [0.1, 0.15) is 5.56 Å². The molecule has 2 N–H and O–H groups in total. The van der Waals surface area contributed by atoms with Crippen LogP contribution in [0.15, 0.2) is 29.2 Å². The molecular weight excluding hydrogens is 273 g/mol. The van der Waals surface area contributed by atoms with Crippen LogP contribution < -0.4 is 5.73 Å². The Morgan fingerprint density at radius 2 is 1.62 bits per heavy atom. The van der Waals surface area contributed by atoms with Gasteiger partial charge in [0.1, 0.15) is 0 Å². The van der Waals surface area contributed by atoms with E-state index in [4.69, 9.17) is 5.73 Å². The van der Waals surface area contributed by atoms with Gasteiger partial charge < -0.3 is 5.73 Å². The highest BCUT2D eigenvalue weighted by molar-refractivity contribution is 7.90. The third kappa shape index (κ3) is 5.34. The average Bonchev–Trinajstić information content (AvgIpc) is 2.02. The van der Waals surface area contributed by atoms with E-state index < -0.39 is 15.7 Å². The smallest absolute Gasteiger partial charge is 0.221 e. The lowest BCUT2D eigenvalue weighted by molar-refractivity contribution is -0.117. The van der Waals surface area contributed by atoms with Crippen molar-refractivity contribution in [2.45, 2.75) is 11.3 Å². The maximum atomic E-state index is 11.1. The second-order valence-corrected chi connectivity index (χ2v) is 5.07. The van der Waals surface area contributed by atoms with Crippen LogP contribution in [0.2, 0.25) is 0 Å². The van der Waals surface area contributed by atoms with Gasteiger partial charge in [-0.3, -0.25) is 4.79 Å². The molecule has 0 atom stereocenters. The van der Waals surface area contributed by atoms with Crippen LogP contribution in [-0.2, 0) is 21.1 Å². The largest absolute Gasteiger partial charge is 0.369 e. The molecule has 0 fully saturated rings. The van der Waals surface area contributed by atoms with E-state index >= 15 is 0 Å². The summed E-state index contributed by atoms with van der Waals surface area (Å²) in [6, 6.07) is 6.10. The lowest BCUT2D eigenvalue weighted by Crippen LogP contribution is -2.13. The van der Waals surface area contributed by atoms with E-state index in [1.807, 2.05) is 0 Å². The maximum Gasteiger partial charge on any atom is 0.221 e. The van der Waals surface area contributed by atoms with E-state index in [1.165, 1.54) is 12.1 Å². The van der Waals surface area contributed by atoms with E-state index in [0.29, 0.717) is 5.56 Å². The molecule has 1 rings (SSSR count). The molecule has 1 aromatic rings. The van der Waals surface area contributed by atoms with E-state index in [1.54, 1.807) is 12.1 Å². The Labute approximate surface area is 107 Å². The Kier molecular flexibility index (Phi) is 7.40. The van der Waals surface area contributed by atoms with Crippen molar-refractivity contribution in [3.63, 3.8) is 0 Å². The van der Waals surface area contributed by atoms with Crippen LogP contribution in [0.5, 0.6) is 0 Å². The molecule has 0 aliphatic carbocycles. The first-order chi connectivity index (χ1) is 6.39. The van der Waals surface area contributed by atoms with Crippen molar-refractivity contribution in [2.24, 2.45) is 5.73 Å². The summed E-state index contributed by atoms with van der Waals surface area (Å²) in [5, 5.41) is 0. The number of amides is 1. The van der Waals surface area contributed by atoms with Crippen LogP contribution in [0, 0.1) is 0 Å². The molecule has 7 heteroatoms. The molecule has 0 radical (unpaired) electrons. The lowest BCUT2D eigenvalue weighted by Gasteiger charge is -2.00. The first-order valence-corrected chi connectivity index (χ1v) is 5.86. The Hall–Kier alpha value is -0.780. The second-order valence-electron chi connectivity index (χ2n) is 3.06. The number of nitrogens with two attached hydrogens (primary N) is 1. The van der Waals surface area contributed by atoms with E-state index in [9.17, 15) is 13.2 Å². The highest BCUT2D eigenvalue weighted by atomic mass is 35.5. The number of primary amides is 1. The van der Waals surface area contributed by atoms with Crippen LogP contribution >= 0.6 is 24.8 Å². The van der Waals surface area contributed by atoms with Gasteiger partial charge in [0, 0.05) is 6.26 Å². The molecule has 92 valence electrons. The van der Waals surface area contributed by atoms with Gasteiger partial charge in [-0.15, -0.1) is 24.8 Å². The number of carbonyl (C=O) groups is 1. The number of halogens is 2. The zero-order chi connectivity index (χ0) is 10.8. The molecule has 4 nitrogen and oxygen atoms in total. The summed E-state index contributed by atoms with van der Waals surface area (Å²) in [5.74, 6) is -0.433. The predicted molar refractivity (Wildman–Crippen MR) is 66.9 cm³/mol. The number of hydrogen-bond acceptors (Lipinski definition) is 3. The van der Waals surface area contributed by atoms with Gasteiger partial charge in [-0.25, -0.2) is 8.42 Å². The number of carbonyl (C=O) groups excluding carboxylic acids is 1. The molecule has 0 aromatic heterocycles. The maximum absolute atomic E-state index is 11.1. The summed E-state index contributed by atoms with van der Waals surface area (Å²) in [4.78, 5) is 10.8. The molecule has 0 aliphatic heterocycles. The third-order valence-corrected chi connectivity index (χ3v) is 2.86. The fourth-order valence-electron chi connectivity index (χ4n) is 1.06. The van der Waals surface area contributed by atoms with Crippen molar-refractivity contribution in [1.29, 1.82) is 0 Å². The molecule has 0 bridgehead atoms. The SMILES string of the molecule is CS(=O)(=O)c1ccc(CC(N)=O)cc1.Cl.Cl. The van der Waals surface area contributed by atoms with Gasteiger partial charge in [-0.2, -0.15) is 0 Å². The minimum Gasteiger partial charge on any atom is -0.369 e. The summed E-state index contributed by atoms with van der Waals surface area (Å²) in [5.41, 5.74) is 5.70. The molecule has 0 heterocycles.